The Kier molecular flexibility index (Phi) is 1.84. The Morgan fingerprint density at radius 2 is 2.50 bits per heavy atom. The molecule has 0 aliphatic heterocycles. The first-order valence-corrected chi connectivity index (χ1v) is 4.14. The molecule has 0 amide bonds. The molecule has 3 nitrogen and oxygen atoms in total. The highest BCUT2D eigenvalue weighted by Gasteiger charge is 2.26. The van der Waals surface area contributed by atoms with Crippen molar-refractivity contribution in [1.82, 2.24) is 5.16 Å². The largest absolute Gasteiger partial charge is 0.361 e. The minimum atomic E-state index is -0.918. The fourth-order valence-corrected chi connectivity index (χ4v) is 1.64. The summed E-state index contributed by atoms with van der Waals surface area (Å²) in [7, 11) is 0. The topological polar surface area (TPSA) is 52.0 Å². The van der Waals surface area contributed by atoms with Crippen LogP contribution in [-0.2, 0) is 13.0 Å². The minimum Gasteiger partial charge on any atom is -0.361 e. The highest BCUT2D eigenvalue weighted by atomic mass is 19.1. The molecular formula is C8H11FN2O. The highest BCUT2D eigenvalue weighted by Crippen LogP contribution is 2.34. The van der Waals surface area contributed by atoms with E-state index in [4.69, 9.17) is 10.3 Å². The van der Waals surface area contributed by atoms with Crippen molar-refractivity contribution in [2.24, 2.45) is 5.73 Å². The standard InChI is InChI=1S/C8H11FN2O/c9-5-2-1-3-7-8(5)6(4-10)11-12-7/h5H,1-4,10H2. The molecule has 1 aliphatic carbocycles. The first-order valence-electron chi connectivity index (χ1n) is 4.14. The zero-order valence-corrected chi connectivity index (χ0v) is 6.72. The van der Waals surface area contributed by atoms with E-state index in [9.17, 15) is 4.39 Å². The third-order valence-electron chi connectivity index (χ3n) is 2.25. The summed E-state index contributed by atoms with van der Waals surface area (Å²) < 4.78 is 18.3. The number of hydrogen-bond donors (Lipinski definition) is 1. The summed E-state index contributed by atoms with van der Waals surface area (Å²) in [5.74, 6) is 0.689. The average Bonchev–Trinajstić information content (AvgIpc) is 2.49. The Morgan fingerprint density at radius 3 is 3.25 bits per heavy atom. The van der Waals surface area contributed by atoms with Crippen LogP contribution >= 0.6 is 0 Å². The molecule has 1 aromatic heterocycles. The van der Waals surface area contributed by atoms with Crippen molar-refractivity contribution < 1.29 is 8.91 Å². The summed E-state index contributed by atoms with van der Waals surface area (Å²) >= 11 is 0. The molecule has 0 fully saturated rings. The predicted molar refractivity (Wildman–Crippen MR) is 41.2 cm³/mol. The summed E-state index contributed by atoms with van der Waals surface area (Å²) in [5.41, 5.74) is 6.59. The second kappa shape index (κ2) is 2.86. The van der Waals surface area contributed by atoms with Crippen LogP contribution in [0.4, 0.5) is 4.39 Å². The van der Waals surface area contributed by atoms with E-state index in [1.807, 2.05) is 0 Å². The van der Waals surface area contributed by atoms with Crippen LogP contribution in [0, 0.1) is 0 Å². The van der Waals surface area contributed by atoms with Gasteiger partial charge in [-0.25, -0.2) is 4.39 Å². The summed E-state index contributed by atoms with van der Waals surface area (Å²) in [4.78, 5) is 0. The third-order valence-corrected chi connectivity index (χ3v) is 2.25. The van der Waals surface area contributed by atoms with Crippen LogP contribution in [0.15, 0.2) is 4.52 Å². The first-order chi connectivity index (χ1) is 5.83. The lowest BCUT2D eigenvalue weighted by molar-refractivity contribution is 0.282. The normalized spacial score (nSPS) is 22.3. The number of aryl methyl sites for hydroxylation is 1. The molecule has 1 unspecified atom stereocenters. The van der Waals surface area contributed by atoms with Crippen LogP contribution in [0.3, 0.4) is 0 Å². The highest BCUT2D eigenvalue weighted by molar-refractivity contribution is 5.27. The van der Waals surface area contributed by atoms with Gasteiger partial charge in [-0.1, -0.05) is 5.16 Å². The molecule has 66 valence electrons. The summed E-state index contributed by atoms with van der Waals surface area (Å²) in [6, 6.07) is 0. The van der Waals surface area contributed by atoms with E-state index >= 15 is 0 Å². The molecule has 0 saturated heterocycles. The predicted octanol–water partition coefficient (Wildman–Crippen LogP) is 1.48. The molecule has 4 heteroatoms. The van der Waals surface area contributed by atoms with Gasteiger partial charge < -0.3 is 10.3 Å². The number of alkyl halides is 1. The number of fused-ring (bicyclic) bond motifs is 1. The quantitative estimate of drug-likeness (QED) is 0.694. The molecule has 1 aliphatic rings. The van der Waals surface area contributed by atoms with E-state index in [2.05, 4.69) is 5.16 Å². The molecular weight excluding hydrogens is 159 g/mol. The maximum atomic E-state index is 13.3. The lowest BCUT2D eigenvalue weighted by Gasteiger charge is -2.13. The fraction of sp³-hybridized carbons (Fsp3) is 0.625. The van der Waals surface area contributed by atoms with Gasteiger partial charge in [-0.05, 0) is 12.8 Å². The van der Waals surface area contributed by atoms with Crippen LogP contribution in [0.1, 0.15) is 36.0 Å². The SMILES string of the molecule is NCc1noc2c1C(F)CCC2. The maximum absolute atomic E-state index is 13.3. The lowest BCUT2D eigenvalue weighted by Crippen LogP contribution is -2.08. The summed E-state index contributed by atoms with van der Waals surface area (Å²) in [6.07, 6.45) is 1.29. The first kappa shape index (κ1) is 7.73. The van der Waals surface area contributed by atoms with Crippen molar-refractivity contribution in [3.8, 4) is 0 Å². The molecule has 2 N–H and O–H groups in total. The zero-order chi connectivity index (χ0) is 8.55. The lowest BCUT2D eigenvalue weighted by atomic mass is 9.95. The van der Waals surface area contributed by atoms with Crippen LogP contribution in [0.5, 0.6) is 0 Å². The number of halogens is 1. The van der Waals surface area contributed by atoms with Gasteiger partial charge in [-0.15, -0.1) is 0 Å². The van der Waals surface area contributed by atoms with Crippen molar-refractivity contribution >= 4 is 0 Å². The van der Waals surface area contributed by atoms with Gasteiger partial charge in [0.1, 0.15) is 17.6 Å². The molecule has 2 rings (SSSR count). The summed E-state index contributed by atoms with van der Waals surface area (Å²) in [6.45, 7) is 0.263. The van der Waals surface area contributed by atoms with Crippen molar-refractivity contribution in [3.63, 3.8) is 0 Å². The molecule has 1 atom stereocenters. The molecule has 12 heavy (non-hydrogen) atoms. The molecule has 0 radical (unpaired) electrons. The second-order valence-corrected chi connectivity index (χ2v) is 3.03. The third kappa shape index (κ3) is 1.03. The van der Waals surface area contributed by atoms with E-state index in [0.717, 1.165) is 12.8 Å². The van der Waals surface area contributed by atoms with E-state index in [-0.39, 0.29) is 6.54 Å². The molecule has 0 spiro atoms. The zero-order valence-electron chi connectivity index (χ0n) is 6.72. The van der Waals surface area contributed by atoms with E-state index in [0.29, 0.717) is 23.4 Å². The summed E-state index contributed by atoms with van der Waals surface area (Å²) in [5, 5.41) is 3.73. The van der Waals surface area contributed by atoms with Gasteiger partial charge >= 0.3 is 0 Å². The molecule has 1 aromatic rings. The van der Waals surface area contributed by atoms with Crippen LogP contribution in [-0.4, -0.2) is 5.16 Å². The monoisotopic (exact) mass is 170 g/mol. The molecule has 0 bridgehead atoms. The van der Waals surface area contributed by atoms with Crippen LogP contribution < -0.4 is 5.73 Å². The average molecular weight is 170 g/mol. The number of hydrogen-bond acceptors (Lipinski definition) is 3. The van der Waals surface area contributed by atoms with Crippen molar-refractivity contribution in [2.45, 2.75) is 32.0 Å². The molecule has 0 saturated carbocycles. The van der Waals surface area contributed by atoms with Gasteiger partial charge in [0.2, 0.25) is 0 Å². The second-order valence-electron chi connectivity index (χ2n) is 3.03. The van der Waals surface area contributed by atoms with Crippen LogP contribution in [0.25, 0.3) is 0 Å². The minimum absolute atomic E-state index is 0.263. The Hall–Kier alpha value is -0.900. The number of nitrogens with two attached hydrogens (primary N) is 1. The van der Waals surface area contributed by atoms with Crippen LogP contribution in [0.2, 0.25) is 0 Å². The smallest absolute Gasteiger partial charge is 0.143 e. The van der Waals surface area contributed by atoms with Gasteiger partial charge in [-0.3, -0.25) is 0 Å². The Labute approximate surface area is 69.7 Å². The van der Waals surface area contributed by atoms with Gasteiger partial charge in [0.15, 0.2) is 0 Å². The fourth-order valence-electron chi connectivity index (χ4n) is 1.64. The Morgan fingerprint density at radius 1 is 1.67 bits per heavy atom. The van der Waals surface area contributed by atoms with Crippen molar-refractivity contribution in [3.05, 3.63) is 17.0 Å². The number of rotatable bonds is 1. The Balaban J connectivity index is 2.43. The molecule has 1 heterocycles. The van der Waals surface area contributed by atoms with E-state index in [1.54, 1.807) is 0 Å². The van der Waals surface area contributed by atoms with E-state index in [1.165, 1.54) is 0 Å². The van der Waals surface area contributed by atoms with Crippen molar-refractivity contribution in [1.29, 1.82) is 0 Å². The van der Waals surface area contributed by atoms with Gasteiger partial charge in [0, 0.05) is 13.0 Å². The number of aromatic nitrogens is 1. The Bertz CT molecular complexity index is 271. The van der Waals surface area contributed by atoms with E-state index < -0.39 is 6.17 Å². The van der Waals surface area contributed by atoms with Gasteiger partial charge in [-0.2, -0.15) is 0 Å². The van der Waals surface area contributed by atoms with Gasteiger partial charge in [0.05, 0.1) is 5.56 Å². The number of nitrogens with zero attached hydrogens (tertiary/aromatic N) is 1. The molecule has 0 aromatic carbocycles. The van der Waals surface area contributed by atoms with Crippen molar-refractivity contribution in [2.75, 3.05) is 0 Å². The van der Waals surface area contributed by atoms with Gasteiger partial charge in [0.25, 0.3) is 0 Å². The maximum Gasteiger partial charge on any atom is 0.143 e.